The molecule has 3 unspecified atom stereocenters. The molecule has 0 aromatic carbocycles. The lowest BCUT2D eigenvalue weighted by molar-refractivity contribution is 0.0799. The predicted molar refractivity (Wildman–Crippen MR) is 84.3 cm³/mol. The van der Waals surface area contributed by atoms with Crippen molar-refractivity contribution in [3.63, 3.8) is 0 Å². The molecule has 0 saturated heterocycles. The highest BCUT2D eigenvalue weighted by atomic mass is 15.2. The Labute approximate surface area is 123 Å². The molecule has 0 amide bonds. The third-order valence-corrected chi connectivity index (χ3v) is 4.80. The quantitative estimate of drug-likeness (QED) is 0.922. The van der Waals surface area contributed by atoms with Crippen molar-refractivity contribution < 1.29 is 0 Å². The highest BCUT2D eigenvalue weighted by molar-refractivity contribution is 5.04. The minimum atomic E-state index is 0.294. The molecular formula is C17H29N3. The van der Waals surface area contributed by atoms with E-state index in [9.17, 15) is 0 Å². The van der Waals surface area contributed by atoms with Crippen LogP contribution in [0.1, 0.15) is 45.7 Å². The number of nitrogens with two attached hydrogens (primary N) is 1. The van der Waals surface area contributed by atoms with Crippen LogP contribution in [0.5, 0.6) is 0 Å². The summed E-state index contributed by atoms with van der Waals surface area (Å²) in [4.78, 5) is 6.82. The molecule has 1 fully saturated rings. The molecule has 0 aliphatic heterocycles. The maximum absolute atomic E-state index is 6.38. The molecule has 3 atom stereocenters. The second-order valence-corrected chi connectivity index (χ2v) is 7.34. The van der Waals surface area contributed by atoms with E-state index in [1.807, 2.05) is 12.3 Å². The number of pyridine rings is 1. The van der Waals surface area contributed by atoms with E-state index in [4.69, 9.17) is 5.73 Å². The summed E-state index contributed by atoms with van der Waals surface area (Å²) in [5.74, 6) is 0.762. The minimum absolute atomic E-state index is 0.294. The van der Waals surface area contributed by atoms with Crippen molar-refractivity contribution in [1.82, 2.24) is 9.88 Å². The molecule has 1 aliphatic rings. The van der Waals surface area contributed by atoms with Gasteiger partial charge >= 0.3 is 0 Å². The molecule has 0 spiro atoms. The Morgan fingerprint density at radius 2 is 2.05 bits per heavy atom. The molecule has 3 nitrogen and oxygen atoms in total. The van der Waals surface area contributed by atoms with Crippen LogP contribution in [0.25, 0.3) is 0 Å². The first-order chi connectivity index (χ1) is 9.38. The molecule has 3 heteroatoms. The number of likely N-dealkylation sites (N-methyl/N-ethyl adjacent to an activating group) is 1. The van der Waals surface area contributed by atoms with Crippen molar-refractivity contribution in [3.05, 3.63) is 30.1 Å². The van der Waals surface area contributed by atoms with Gasteiger partial charge in [0.05, 0.1) is 5.69 Å². The molecule has 1 aromatic heterocycles. The number of hydrogen-bond acceptors (Lipinski definition) is 3. The van der Waals surface area contributed by atoms with Gasteiger partial charge in [0, 0.05) is 24.8 Å². The molecule has 1 saturated carbocycles. The van der Waals surface area contributed by atoms with E-state index in [-0.39, 0.29) is 0 Å². The zero-order valence-electron chi connectivity index (χ0n) is 13.3. The average molecular weight is 275 g/mol. The van der Waals surface area contributed by atoms with Crippen molar-refractivity contribution in [1.29, 1.82) is 0 Å². The van der Waals surface area contributed by atoms with Crippen LogP contribution in [0.3, 0.4) is 0 Å². The molecule has 2 rings (SSSR count). The average Bonchev–Trinajstić information content (AvgIpc) is 2.39. The lowest BCUT2D eigenvalue weighted by Gasteiger charge is -2.44. The van der Waals surface area contributed by atoms with Crippen LogP contribution in [0.4, 0.5) is 0 Å². The standard InChI is InChI=1S/C17H29N3/c1-17(2,3)13-8-9-15(18)16(11-13)20(4)12-14-7-5-6-10-19-14/h5-7,10,13,15-16H,8-9,11-12,18H2,1-4H3. The summed E-state index contributed by atoms with van der Waals surface area (Å²) in [7, 11) is 2.18. The van der Waals surface area contributed by atoms with Gasteiger partial charge in [-0.1, -0.05) is 26.8 Å². The van der Waals surface area contributed by atoms with E-state index in [1.165, 1.54) is 12.8 Å². The smallest absolute Gasteiger partial charge is 0.0543 e. The van der Waals surface area contributed by atoms with Crippen molar-refractivity contribution in [2.24, 2.45) is 17.1 Å². The summed E-state index contributed by atoms with van der Waals surface area (Å²) in [6.45, 7) is 7.94. The Morgan fingerprint density at radius 3 is 2.65 bits per heavy atom. The van der Waals surface area contributed by atoms with Gasteiger partial charge in [0.2, 0.25) is 0 Å². The van der Waals surface area contributed by atoms with Gasteiger partial charge in [0.25, 0.3) is 0 Å². The molecule has 20 heavy (non-hydrogen) atoms. The Balaban J connectivity index is 2.02. The Hall–Kier alpha value is -0.930. The summed E-state index contributed by atoms with van der Waals surface area (Å²) in [5.41, 5.74) is 7.88. The maximum Gasteiger partial charge on any atom is 0.0543 e. The van der Waals surface area contributed by atoms with Gasteiger partial charge in [0.1, 0.15) is 0 Å². The van der Waals surface area contributed by atoms with Crippen LogP contribution in [-0.4, -0.2) is 29.0 Å². The SMILES string of the molecule is CN(Cc1ccccn1)C1CC(C(C)(C)C)CCC1N. The lowest BCUT2D eigenvalue weighted by Crippen LogP contribution is -2.51. The van der Waals surface area contributed by atoms with Crippen LogP contribution in [-0.2, 0) is 6.54 Å². The van der Waals surface area contributed by atoms with Gasteiger partial charge in [-0.3, -0.25) is 9.88 Å². The summed E-state index contributed by atoms with van der Waals surface area (Å²) < 4.78 is 0. The van der Waals surface area contributed by atoms with Gasteiger partial charge in [-0.05, 0) is 49.8 Å². The van der Waals surface area contributed by atoms with Gasteiger partial charge in [-0.2, -0.15) is 0 Å². The zero-order chi connectivity index (χ0) is 14.8. The third kappa shape index (κ3) is 3.80. The molecule has 1 heterocycles. The van der Waals surface area contributed by atoms with Gasteiger partial charge in [-0.25, -0.2) is 0 Å². The maximum atomic E-state index is 6.38. The molecule has 1 aliphatic carbocycles. The zero-order valence-corrected chi connectivity index (χ0v) is 13.3. The third-order valence-electron chi connectivity index (χ3n) is 4.80. The topological polar surface area (TPSA) is 42.2 Å². The Bertz CT molecular complexity index is 410. The molecule has 0 radical (unpaired) electrons. The first-order valence-corrected chi connectivity index (χ1v) is 7.73. The monoisotopic (exact) mass is 275 g/mol. The van der Waals surface area contributed by atoms with E-state index in [2.05, 4.69) is 49.8 Å². The van der Waals surface area contributed by atoms with Crippen LogP contribution in [0.15, 0.2) is 24.4 Å². The van der Waals surface area contributed by atoms with E-state index in [0.29, 0.717) is 17.5 Å². The van der Waals surface area contributed by atoms with E-state index >= 15 is 0 Å². The summed E-state index contributed by atoms with van der Waals surface area (Å²) in [5, 5.41) is 0. The fraction of sp³-hybridized carbons (Fsp3) is 0.706. The summed E-state index contributed by atoms with van der Waals surface area (Å²) in [6, 6.07) is 6.87. The number of rotatable bonds is 3. The van der Waals surface area contributed by atoms with Gasteiger partial charge in [-0.15, -0.1) is 0 Å². The fourth-order valence-electron chi connectivity index (χ4n) is 3.33. The first-order valence-electron chi connectivity index (χ1n) is 7.73. The molecule has 2 N–H and O–H groups in total. The van der Waals surface area contributed by atoms with Crippen LogP contribution >= 0.6 is 0 Å². The van der Waals surface area contributed by atoms with Crippen molar-refractivity contribution >= 4 is 0 Å². The van der Waals surface area contributed by atoms with Gasteiger partial charge < -0.3 is 5.73 Å². The molecular weight excluding hydrogens is 246 g/mol. The normalized spacial score (nSPS) is 27.8. The molecule has 1 aromatic rings. The lowest BCUT2D eigenvalue weighted by atomic mass is 9.69. The largest absolute Gasteiger partial charge is 0.326 e. The van der Waals surface area contributed by atoms with Gasteiger partial charge in [0.15, 0.2) is 0 Å². The summed E-state index contributed by atoms with van der Waals surface area (Å²) in [6.07, 6.45) is 5.47. The van der Waals surface area contributed by atoms with Crippen LogP contribution in [0, 0.1) is 11.3 Å². The number of nitrogens with zero attached hydrogens (tertiary/aromatic N) is 2. The van der Waals surface area contributed by atoms with Crippen LogP contribution < -0.4 is 5.73 Å². The van der Waals surface area contributed by atoms with E-state index < -0.39 is 0 Å². The molecule has 0 bridgehead atoms. The van der Waals surface area contributed by atoms with Crippen molar-refractivity contribution in [2.45, 2.75) is 58.7 Å². The van der Waals surface area contributed by atoms with Crippen molar-refractivity contribution in [3.8, 4) is 0 Å². The highest BCUT2D eigenvalue weighted by Gasteiger charge is 2.36. The Morgan fingerprint density at radius 1 is 1.30 bits per heavy atom. The minimum Gasteiger partial charge on any atom is -0.326 e. The highest BCUT2D eigenvalue weighted by Crippen LogP contribution is 2.38. The van der Waals surface area contributed by atoms with Crippen LogP contribution in [0.2, 0.25) is 0 Å². The molecule has 112 valence electrons. The Kier molecular flexibility index (Phi) is 4.82. The summed E-state index contributed by atoms with van der Waals surface area (Å²) >= 11 is 0. The number of hydrogen-bond donors (Lipinski definition) is 1. The van der Waals surface area contributed by atoms with Crippen molar-refractivity contribution in [2.75, 3.05) is 7.05 Å². The van der Waals surface area contributed by atoms with E-state index in [1.54, 1.807) is 0 Å². The first kappa shape index (κ1) is 15.5. The fourth-order valence-corrected chi connectivity index (χ4v) is 3.33. The second-order valence-electron chi connectivity index (χ2n) is 7.34. The number of aromatic nitrogens is 1. The second kappa shape index (κ2) is 6.23. The van der Waals surface area contributed by atoms with E-state index in [0.717, 1.165) is 24.6 Å². The predicted octanol–water partition coefficient (Wildman–Crippen LogP) is 3.06.